The highest BCUT2D eigenvalue weighted by molar-refractivity contribution is 5.77. The zero-order valence-corrected chi connectivity index (χ0v) is 13.0. The molecule has 1 N–H and O–H groups in total. The van der Waals surface area contributed by atoms with Crippen LogP contribution in [0.25, 0.3) is 0 Å². The molecule has 1 heterocycles. The number of hydrogen-bond acceptors (Lipinski definition) is 2. The summed E-state index contributed by atoms with van der Waals surface area (Å²) in [5.41, 5.74) is 2.56. The molecule has 1 saturated heterocycles. The number of piperazine rings is 1. The van der Waals surface area contributed by atoms with Gasteiger partial charge in [-0.1, -0.05) is 31.2 Å². The zero-order chi connectivity index (χ0) is 14.7. The van der Waals surface area contributed by atoms with Crippen LogP contribution in [-0.4, -0.2) is 36.0 Å². The van der Waals surface area contributed by atoms with Gasteiger partial charge in [0.15, 0.2) is 0 Å². The number of rotatable bonds is 3. The van der Waals surface area contributed by atoms with Crippen molar-refractivity contribution in [3.8, 4) is 0 Å². The summed E-state index contributed by atoms with van der Waals surface area (Å²) >= 11 is 0. The molecule has 1 amide bonds. The van der Waals surface area contributed by atoms with Crippen molar-refractivity contribution >= 4 is 5.91 Å². The smallest absolute Gasteiger partial charge is 0.223 e. The second kappa shape index (κ2) is 6.40. The average molecular weight is 274 g/mol. The molecule has 3 nitrogen and oxygen atoms in total. The number of amides is 1. The highest BCUT2D eigenvalue weighted by Crippen LogP contribution is 2.23. The number of nitrogens with zero attached hydrogens (tertiary/aromatic N) is 1. The van der Waals surface area contributed by atoms with Crippen molar-refractivity contribution in [1.82, 2.24) is 10.2 Å². The lowest BCUT2D eigenvalue weighted by atomic mass is 9.93. The number of carbonyl (C=O) groups is 1. The molecule has 1 fully saturated rings. The van der Waals surface area contributed by atoms with Crippen LogP contribution in [-0.2, 0) is 4.79 Å². The summed E-state index contributed by atoms with van der Waals surface area (Å²) in [6, 6.07) is 9.13. The molecule has 2 rings (SSSR count). The standard InChI is InChI=1S/C17H26N2O/c1-12-7-5-6-8-16(12)13(2)9-17(20)19-10-14(3)18-15(4)11-19/h5-8,13-15,18H,9-11H2,1-4H3/t13-,14-,15+/m1/s1. The lowest BCUT2D eigenvalue weighted by molar-refractivity contribution is -0.133. The molecule has 1 aliphatic heterocycles. The molecule has 1 aliphatic rings. The van der Waals surface area contributed by atoms with Crippen molar-refractivity contribution in [3.63, 3.8) is 0 Å². The summed E-state index contributed by atoms with van der Waals surface area (Å²) in [6.45, 7) is 10.2. The van der Waals surface area contributed by atoms with Crippen LogP contribution >= 0.6 is 0 Å². The molecular formula is C17H26N2O. The zero-order valence-electron chi connectivity index (χ0n) is 13.0. The van der Waals surface area contributed by atoms with E-state index in [4.69, 9.17) is 0 Å². The molecule has 0 spiro atoms. The summed E-state index contributed by atoms with van der Waals surface area (Å²) in [6.07, 6.45) is 0.601. The lowest BCUT2D eigenvalue weighted by Crippen LogP contribution is -2.55. The van der Waals surface area contributed by atoms with Crippen LogP contribution in [0.1, 0.15) is 44.2 Å². The fourth-order valence-corrected chi connectivity index (χ4v) is 3.17. The monoisotopic (exact) mass is 274 g/mol. The van der Waals surface area contributed by atoms with Gasteiger partial charge >= 0.3 is 0 Å². The van der Waals surface area contributed by atoms with Gasteiger partial charge in [-0.3, -0.25) is 4.79 Å². The fourth-order valence-electron chi connectivity index (χ4n) is 3.17. The molecule has 20 heavy (non-hydrogen) atoms. The van der Waals surface area contributed by atoms with Gasteiger partial charge in [0.2, 0.25) is 5.91 Å². The van der Waals surface area contributed by atoms with Gasteiger partial charge in [-0.15, -0.1) is 0 Å². The summed E-state index contributed by atoms with van der Waals surface area (Å²) in [5, 5.41) is 3.46. The third-order valence-electron chi connectivity index (χ3n) is 4.11. The van der Waals surface area contributed by atoms with Crippen LogP contribution < -0.4 is 5.32 Å². The van der Waals surface area contributed by atoms with Gasteiger partial charge < -0.3 is 10.2 Å². The molecule has 1 aromatic rings. The van der Waals surface area contributed by atoms with Crippen molar-refractivity contribution in [2.75, 3.05) is 13.1 Å². The van der Waals surface area contributed by atoms with E-state index in [9.17, 15) is 4.79 Å². The molecule has 0 bridgehead atoms. The van der Waals surface area contributed by atoms with Crippen LogP contribution in [0.5, 0.6) is 0 Å². The van der Waals surface area contributed by atoms with E-state index in [1.807, 2.05) is 11.0 Å². The molecular weight excluding hydrogens is 248 g/mol. The van der Waals surface area contributed by atoms with E-state index in [0.29, 0.717) is 18.5 Å². The minimum atomic E-state index is 0.279. The second-order valence-electron chi connectivity index (χ2n) is 6.23. The highest BCUT2D eigenvalue weighted by atomic mass is 16.2. The fraction of sp³-hybridized carbons (Fsp3) is 0.588. The number of hydrogen-bond donors (Lipinski definition) is 1. The van der Waals surface area contributed by atoms with E-state index in [1.165, 1.54) is 11.1 Å². The topological polar surface area (TPSA) is 32.3 Å². The summed E-state index contributed by atoms with van der Waals surface area (Å²) < 4.78 is 0. The van der Waals surface area contributed by atoms with Crippen molar-refractivity contribution in [3.05, 3.63) is 35.4 Å². The van der Waals surface area contributed by atoms with Crippen LogP contribution in [0.2, 0.25) is 0 Å². The Labute approximate surface area is 122 Å². The predicted octanol–water partition coefficient (Wildman–Crippen LogP) is 2.70. The normalized spacial score (nSPS) is 24.5. The first-order valence-electron chi connectivity index (χ1n) is 7.56. The Bertz CT molecular complexity index is 462. The lowest BCUT2D eigenvalue weighted by Gasteiger charge is -2.36. The van der Waals surface area contributed by atoms with Gasteiger partial charge in [-0.25, -0.2) is 0 Å². The van der Waals surface area contributed by atoms with Crippen LogP contribution in [0.4, 0.5) is 0 Å². The first-order chi connectivity index (χ1) is 9.47. The average Bonchev–Trinajstić information content (AvgIpc) is 2.37. The molecule has 0 saturated carbocycles. The summed E-state index contributed by atoms with van der Waals surface area (Å²) in [4.78, 5) is 14.5. The van der Waals surface area contributed by atoms with Gasteiger partial charge in [-0.2, -0.15) is 0 Å². The Morgan fingerprint density at radius 1 is 1.30 bits per heavy atom. The predicted molar refractivity (Wildman–Crippen MR) is 82.9 cm³/mol. The Balaban J connectivity index is 1.99. The molecule has 1 aromatic carbocycles. The van der Waals surface area contributed by atoms with E-state index >= 15 is 0 Å². The Hall–Kier alpha value is -1.35. The van der Waals surface area contributed by atoms with Gasteiger partial charge in [0.05, 0.1) is 0 Å². The van der Waals surface area contributed by atoms with Gasteiger partial charge in [0.25, 0.3) is 0 Å². The second-order valence-corrected chi connectivity index (χ2v) is 6.23. The van der Waals surface area contributed by atoms with E-state index in [2.05, 4.69) is 51.2 Å². The minimum absolute atomic E-state index is 0.279. The van der Waals surface area contributed by atoms with Crippen LogP contribution in [0, 0.1) is 6.92 Å². The van der Waals surface area contributed by atoms with E-state index in [0.717, 1.165) is 13.1 Å². The number of nitrogens with one attached hydrogen (secondary N) is 1. The Morgan fingerprint density at radius 3 is 2.50 bits per heavy atom. The minimum Gasteiger partial charge on any atom is -0.340 e. The van der Waals surface area contributed by atoms with E-state index < -0.39 is 0 Å². The van der Waals surface area contributed by atoms with Crippen LogP contribution in [0.3, 0.4) is 0 Å². The summed E-state index contributed by atoms with van der Waals surface area (Å²) in [5.74, 6) is 0.560. The SMILES string of the molecule is Cc1ccccc1[C@H](C)CC(=O)N1C[C@@H](C)N[C@@H](C)C1. The van der Waals surface area contributed by atoms with Crippen LogP contribution in [0.15, 0.2) is 24.3 Å². The molecule has 3 atom stereocenters. The third kappa shape index (κ3) is 3.60. The van der Waals surface area contributed by atoms with Crippen molar-refractivity contribution < 1.29 is 4.79 Å². The molecule has 110 valence electrons. The maximum absolute atomic E-state index is 12.5. The first kappa shape index (κ1) is 15.0. The van der Waals surface area contributed by atoms with Crippen molar-refractivity contribution in [1.29, 1.82) is 0 Å². The summed E-state index contributed by atoms with van der Waals surface area (Å²) in [7, 11) is 0. The molecule has 0 aromatic heterocycles. The molecule has 0 unspecified atom stereocenters. The van der Waals surface area contributed by atoms with Gasteiger partial charge in [-0.05, 0) is 37.8 Å². The Morgan fingerprint density at radius 2 is 1.90 bits per heavy atom. The first-order valence-corrected chi connectivity index (χ1v) is 7.56. The number of carbonyl (C=O) groups excluding carboxylic acids is 1. The molecule has 3 heteroatoms. The maximum Gasteiger partial charge on any atom is 0.223 e. The molecule has 0 aliphatic carbocycles. The van der Waals surface area contributed by atoms with E-state index in [-0.39, 0.29) is 11.8 Å². The largest absolute Gasteiger partial charge is 0.340 e. The van der Waals surface area contributed by atoms with Gasteiger partial charge in [0.1, 0.15) is 0 Å². The number of aryl methyl sites for hydroxylation is 1. The molecule has 0 radical (unpaired) electrons. The van der Waals surface area contributed by atoms with Gasteiger partial charge in [0, 0.05) is 31.6 Å². The highest BCUT2D eigenvalue weighted by Gasteiger charge is 2.25. The van der Waals surface area contributed by atoms with Crippen molar-refractivity contribution in [2.45, 2.75) is 52.1 Å². The quantitative estimate of drug-likeness (QED) is 0.919. The van der Waals surface area contributed by atoms with E-state index in [1.54, 1.807) is 0 Å². The van der Waals surface area contributed by atoms with Crippen molar-refractivity contribution in [2.24, 2.45) is 0 Å². The maximum atomic E-state index is 12.5. The third-order valence-corrected chi connectivity index (χ3v) is 4.11. The number of benzene rings is 1. The Kier molecular flexibility index (Phi) is 4.81.